The molecule has 2 atom stereocenters. The van der Waals surface area contributed by atoms with Crippen molar-refractivity contribution in [2.45, 2.75) is 17.6 Å². The van der Waals surface area contributed by atoms with Crippen molar-refractivity contribution in [1.29, 1.82) is 0 Å². The van der Waals surface area contributed by atoms with E-state index in [1.54, 1.807) is 12.1 Å². The van der Waals surface area contributed by atoms with Gasteiger partial charge in [-0.1, -0.05) is 12.1 Å². The number of benzene rings is 1. The van der Waals surface area contributed by atoms with Crippen molar-refractivity contribution in [3.05, 3.63) is 35.6 Å². The van der Waals surface area contributed by atoms with Crippen LogP contribution in [0.15, 0.2) is 24.3 Å². The second-order valence-electron chi connectivity index (χ2n) is 3.77. The Kier molecular flexibility index (Phi) is 2.10. The number of hydrogen-bond donors (Lipinski definition) is 0. The third-order valence-electron chi connectivity index (χ3n) is 2.56. The van der Waals surface area contributed by atoms with E-state index in [4.69, 9.17) is 0 Å². The van der Waals surface area contributed by atoms with Crippen molar-refractivity contribution in [2.24, 2.45) is 0 Å². The third-order valence-corrected chi connectivity index (χ3v) is 4.18. The summed E-state index contributed by atoms with van der Waals surface area (Å²) in [5, 5.41) is -0.302. The minimum absolute atomic E-state index is 0.000648. The van der Waals surface area contributed by atoms with Crippen molar-refractivity contribution in [3.8, 4) is 0 Å². The maximum absolute atomic E-state index is 12.8. The fraction of sp³-hybridized carbons (Fsp3) is 0.400. The Morgan fingerprint density at radius 1 is 1.43 bits per heavy atom. The summed E-state index contributed by atoms with van der Waals surface area (Å²) in [5.74, 6) is -0.303. The first-order valence-corrected chi connectivity index (χ1v) is 6.38. The fourth-order valence-electron chi connectivity index (χ4n) is 1.73. The predicted molar refractivity (Wildman–Crippen MR) is 52.4 cm³/mol. The topological polar surface area (TPSA) is 34.1 Å². The van der Waals surface area contributed by atoms with Gasteiger partial charge in [0.2, 0.25) is 0 Å². The maximum Gasteiger partial charge on any atom is 0.150 e. The van der Waals surface area contributed by atoms with Crippen molar-refractivity contribution < 1.29 is 12.8 Å². The molecule has 1 aliphatic carbocycles. The van der Waals surface area contributed by atoms with Crippen LogP contribution in [0.2, 0.25) is 0 Å². The van der Waals surface area contributed by atoms with Crippen LogP contribution in [0.4, 0.5) is 4.39 Å². The van der Waals surface area contributed by atoms with Gasteiger partial charge in [0.15, 0.2) is 9.84 Å². The van der Waals surface area contributed by atoms with Gasteiger partial charge < -0.3 is 0 Å². The molecule has 0 unspecified atom stereocenters. The van der Waals surface area contributed by atoms with E-state index in [0.717, 1.165) is 5.56 Å². The number of hydrogen-bond acceptors (Lipinski definition) is 2. The Labute approximate surface area is 82.7 Å². The summed E-state index contributed by atoms with van der Waals surface area (Å²) in [5.41, 5.74) is 0.792. The maximum atomic E-state index is 12.8. The van der Waals surface area contributed by atoms with Crippen molar-refractivity contribution >= 4 is 9.84 Å². The van der Waals surface area contributed by atoms with E-state index < -0.39 is 9.84 Å². The molecule has 0 bridgehead atoms. The second-order valence-corrected chi connectivity index (χ2v) is 6.03. The molecule has 1 fully saturated rings. The molecule has 76 valence electrons. The number of rotatable bonds is 2. The van der Waals surface area contributed by atoms with Gasteiger partial charge in [-0.3, -0.25) is 0 Å². The van der Waals surface area contributed by atoms with Crippen LogP contribution in [0.5, 0.6) is 0 Å². The fourth-order valence-corrected chi connectivity index (χ4v) is 3.04. The average Bonchev–Trinajstić information content (AvgIpc) is 2.81. The highest BCUT2D eigenvalue weighted by molar-refractivity contribution is 7.91. The van der Waals surface area contributed by atoms with Crippen LogP contribution in [-0.2, 0) is 9.84 Å². The van der Waals surface area contributed by atoms with E-state index in [2.05, 4.69) is 0 Å². The molecular formula is C10H11FO2S. The predicted octanol–water partition coefficient (Wildman–Crippen LogP) is 1.73. The highest BCUT2D eigenvalue weighted by atomic mass is 32.2. The lowest BCUT2D eigenvalue weighted by atomic mass is 10.1. The van der Waals surface area contributed by atoms with Gasteiger partial charge in [0.05, 0.1) is 5.25 Å². The van der Waals surface area contributed by atoms with Crippen LogP contribution < -0.4 is 0 Å². The molecule has 2 rings (SSSR count). The Morgan fingerprint density at radius 2 is 2.14 bits per heavy atom. The number of sulfone groups is 1. The molecule has 14 heavy (non-hydrogen) atoms. The summed E-state index contributed by atoms with van der Waals surface area (Å²) >= 11 is 0. The summed E-state index contributed by atoms with van der Waals surface area (Å²) in [6.07, 6.45) is 1.86. The third kappa shape index (κ3) is 1.80. The minimum atomic E-state index is -2.96. The molecule has 0 saturated heterocycles. The highest BCUT2D eigenvalue weighted by Gasteiger charge is 2.45. The lowest BCUT2D eigenvalue weighted by Gasteiger charge is -1.98. The van der Waals surface area contributed by atoms with Gasteiger partial charge >= 0.3 is 0 Å². The molecule has 4 heteroatoms. The molecule has 1 aromatic rings. The molecule has 0 spiro atoms. The van der Waals surface area contributed by atoms with Gasteiger partial charge in [0.25, 0.3) is 0 Å². The van der Waals surface area contributed by atoms with E-state index in [0.29, 0.717) is 6.42 Å². The molecule has 0 radical (unpaired) electrons. The van der Waals surface area contributed by atoms with Crippen molar-refractivity contribution in [2.75, 3.05) is 6.26 Å². The molecule has 1 aromatic carbocycles. The van der Waals surface area contributed by atoms with E-state index in [1.807, 2.05) is 0 Å². The lowest BCUT2D eigenvalue weighted by molar-refractivity contribution is 0.599. The largest absolute Gasteiger partial charge is 0.229 e. The van der Waals surface area contributed by atoms with Gasteiger partial charge in [0.1, 0.15) is 5.82 Å². The second kappa shape index (κ2) is 3.05. The van der Waals surface area contributed by atoms with Gasteiger partial charge in [-0.15, -0.1) is 0 Å². The Hall–Kier alpha value is -0.900. The van der Waals surface area contributed by atoms with Crippen LogP contribution in [0.1, 0.15) is 17.9 Å². The van der Waals surface area contributed by atoms with Gasteiger partial charge in [-0.25, -0.2) is 12.8 Å². The van der Waals surface area contributed by atoms with E-state index >= 15 is 0 Å². The summed E-state index contributed by atoms with van der Waals surface area (Å²) in [4.78, 5) is 0. The molecule has 0 aliphatic heterocycles. The lowest BCUT2D eigenvalue weighted by Crippen LogP contribution is -2.05. The summed E-state index contributed by atoms with van der Waals surface area (Å²) in [6.45, 7) is 0. The zero-order valence-electron chi connectivity index (χ0n) is 7.77. The van der Waals surface area contributed by atoms with Crippen LogP contribution in [0.25, 0.3) is 0 Å². The van der Waals surface area contributed by atoms with Crippen LogP contribution in [0, 0.1) is 5.82 Å². The first kappa shape index (κ1) is 9.65. The standard InChI is InChI=1S/C10H11FO2S/c1-14(12,13)10-6-9(10)7-3-2-4-8(11)5-7/h2-5,9-10H,6H2,1H3/t9-,10+/m0/s1. The van der Waals surface area contributed by atoms with Gasteiger partial charge in [-0.05, 0) is 24.1 Å². The zero-order chi connectivity index (χ0) is 10.3. The van der Waals surface area contributed by atoms with Crippen LogP contribution in [0.3, 0.4) is 0 Å². The Bertz CT molecular complexity index is 453. The van der Waals surface area contributed by atoms with E-state index in [9.17, 15) is 12.8 Å². The summed E-state index contributed by atoms with van der Waals surface area (Å²) in [6, 6.07) is 6.17. The van der Waals surface area contributed by atoms with Crippen molar-refractivity contribution in [3.63, 3.8) is 0 Å². The van der Waals surface area contributed by atoms with Gasteiger partial charge in [-0.2, -0.15) is 0 Å². The molecule has 2 nitrogen and oxygen atoms in total. The van der Waals surface area contributed by atoms with Crippen LogP contribution >= 0.6 is 0 Å². The molecule has 0 amide bonds. The molecular weight excluding hydrogens is 203 g/mol. The average molecular weight is 214 g/mol. The quantitative estimate of drug-likeness (QED) is 0.751. The zero-order valence-corrected chi connectivity index (χ0v) is 8.59. The van der Waals surface area contributed by atoms with Crippen LogP contribution in [-0.4, -0.2) is 19.9 Å². The number of halogens is 1. The first-order chi connectivity index (χ1) is 6.48. The monoisotopic (exact) mass is 214 g/mol. The molecule has 0 aromatic heterocycles. The highest BCUT2D eigenvalue weighted by Crippen LogP contribution is 2.45. The summed E-state index contributed by atoms with van der Waals surface area (Å²) in [7, 11) is -2.96. The molecule has 0 N–H and O–H groups in total. The first-order valence-electron chi connectivity index (χ1n) is 4.43. The molecule has 1 aliphatic rings. The summed E-state index contributed by atoms with van der Waals surface area (Å²) < 4.78 is 35.2. The van der Waals surface area contributed by atoms with Gasteiger partial charge in [0, 0.05) is 12.2 Å². The SMILES string of the molecule is CS(=O)(=O)[C@@H]1C[C@H]1c1cccc(F)c1. The normalized spacial score (nSPS) is 26.1. The van der Waals surface area contributed by atoms with E-state index in [-0.39, 0.29) is 17.0 Å². The Balaban J connectivity index is 2.22. The van der Waals surface area contributed by atoms with Crippen molar-refractivity contribution in [1.82, 2.24) is 0 Å². The smallest absolute Gasteiger partial charge is 0.150 e. The molecule has 0 heterocycles. The molecule has 1 saturated carbocycles. The minimum Gasteiger partial charge on any atom is -0.229 e. The Morgan fingerprint density at radius 3 is 2.64 bits per heavy atom. The van der Waals surface area contributed by atoms with E-state index in [1.165, 1.54) is 18.4 Å².